The fraction of sp³-hybridized carbons (Fsp3) is 0.429. The molecule has 0 saturated carbocycles. The standard InChI is InChI=1S/C14H19NO4/c1-3-18-12-7-5-11(6-8-12)9-13(16)15-10-14(17)19-4-2/h5-8H,3-4,9-10H2,1-2H3,(H,15,16). The molecule has 1 N–H and O–H groups in total. The number of nitrogens with one attached hydrogen (secondary N) is 1. The van der Waals surface area contributed by atoms with Gasteiger partial charge < -0.3 is 14.8 Å². The first-order valence-electron chi connectivity index (χ1n) is 6.29. The topological polar surface area (TPSA) is 64.6 Å². The molecule has 1 amide bonds. The predicted octanol–water partition coefficient (Wildman–Crippen LogP) is 1.31. The first kappa shape index (κ1) is 15.0. The van der Waals surface area contributed by atoms with E-state index in [4.69, 9.17) is 9.47 Å². The van der Waals surface area contributed by atoms with Gasteiger partial charge in [0.05, 0.1) is 19.6 Å². The molecule has 5 heteroatoms. The average Bonchev–Trinajstić information content (AvgIpc) is 2.39. The van der Waals surface area contributed by atoms with E-state index in [2.05, 4.69) is 5.32 Å². The lowest BCUT2D eigenvalue weighted by Gasteiger charge is -2.06. The quantitative estimate of drug-likeness (QED) is 0.755. The zero-order valence-electron chi connectivity index (χ0n) is 11.3. The normalized spacial score (nSPS) is 9.79. The summed E-state index contributed by atoms with van der Waals surface area (Å²) in [4.78, 5) is 22.6. The van der Waals surface area contributed by atoms with Crippen molar-refractivity contribution in [2.45, 2.75) is 20.3 Å². The van der Waals surface area contributed by atoms with Crippen LogP contribution >= 0.6 is 0 Å². The molecule has 0 heterocycles. The van der Waals surface area contributed by atoms with Crippen LogP contribution in [0.3, 0.4) is 0 Å². The molecule has 0 radical (unpaired) electrons. The van der Waals surface area contributed by atoms with E-state index in [-0.39, 0.29) is 18.9 Å². The molecule has 0 bridgehead atoms. The summed E-state index contributed by atoms with van der Waals surface area (Å²) in [6, 6.07) is 7.29. The van der Waals surface area contributed by atoms with Gasteiger partial charge in [-0.2, -0.15) is 0 Å². The second kappa shape index (κ2) is 8.13. The maximum Gasteiger partial charge on any atom is 0.325 e. The average molecular weight is 265 g/mol. The Bertz CT molecular complexity index is 414. The van der Waals surface area contributed by atoms with Crippen LogP contribution in [0.4, 0.5) is 0 Å². The van der Waals surface area contributed by atoms with Crippen LogP contribution in [-0.4, -0.2) is 31.6 Å². The van der Waals surface area contributed by atoms with E-state index < -0.39 is 5.97 Å². The van der Waals surface area contributed by atoms with Crippen LogP contribution in [0.1, 0.15) is 19.4 Å². The molecule has 1 aromatic carbocycles. The van der Waals surface area contributed by atoms with E-state index in [0.29, 0.717) is 13.2 Å². The lowest BCUT2D eigenvalue weighted by Crippen LogP contribution is -2.31. The maximum atomic E-state index is 11.6. The third kappa shape index (κ3) is 5.90. The number of rotatable bonds is 7. The Labute approximate surface area is 112 Å². The number of hydrogen-bond donors (Lipinski definition) is 1. The number of carbonyl (C=O) groups excluding carboxylic acids is 2. The van der Waals surface area contributed by atoms with Gasteiger partial charge in [0.25, 0.3) is 0 Å². The summed E-state index contributed by atoms with van der Waals surface area (Å²) in [7, 11) is 0. The second-order valence-electron chi connectivity index (χ2n) is 3.84. The van der Waals surface area contributed by atoms with Crippen LogP contribution in [0.2, 0.25) is 0 Å². The van der Waals surface area contributed by atoms with Gasteiger partial charge in [0.15, 0.2) is 0 Å². The van der Waals surface area contributed by atoms with Crippen molar-refractivity contribution < 1.29 is 19.1 Å². The Kier molecular flexibility index (Phi) is 6.43. The largest absolute Gasteiger partial charge is 0.494 e. The molecule has 0 spiro atoms. The third-order valence-corrected chi connectivity index (χ3v) is 2.33. The summed E-state index contributed by atoms with van der Waals surface area (Å²) < 4.78 is 10.0. The first-order valence-corrected chi connectivity index (χ1v) is 6.29. The molecule has 0 saturated heterocycles. The van der Waals surface area contributed by atoms with Gasteiger partial charge in [-0.1, -0.05) is 12.1 Å². The van der Waals surface area contributed by atoms with Gasteiger partial charge in [-0.25, -0.2) is 0 Å². The van der Waals surface area contributed by atoms with Gasteiger partial charge in [0.1, 0.15) is 12.3 Å². The van der Waals surface area contributed by atoms with Crippen molar-refractivity contribution in [3.63, 3.8) is 0 Å². The Morgan fingerprint density at radius 3 is 2.37 bits per heavy atom. The van der Waals surface area contributed by atoms with Crippen LogP contribution in [-0.2, 0) is 20.7 Å². The number of esters is 1. The molecule has 19 heavy (non-hydrogen) atoms. The summed E-state index contributed by atoms with van der Waals surface area (Å²) in [6.45, 7) is 4.47. The monoisotopic (exact) mass is 265 g/mol. The SMILES string of the molecule is CCOC(=O)CNC(=O)Cc1ccc(OCC)cc1. The molecule has 0 fully saturated rings. The molecule has 0 aromatic heterocycles. The fourth-order valence-corrected chi connectivity index (χ4v) is 1.50. The molecule has 0 aliphatic rings. The molecule has 1 rings (SSSR count). The van der Waals surface area contributed by atoms with Crippen LogP contribution in [0, 0.1) is 0 Å². The molecule has 104 valence electrons. The highest BCUT2D eigenvalue weighted by molar-refractivity contribution is 5.83. The van der Waals surface area contributed by atoms with E-state index in [9.17, 15) is 9.59 Å². The summed E-state index contributed by atoms with van der Waals surface area (Å²) in [6.07, 6.45) is 0.228. The van der Waals surface area contributed by atoms with E-state index >= 15 is 0 Å². The lowest BCUT2D eigenvalue weighted by atomic mass is 10.1. The van der Waals surface area contributed by atoms with E-state index in [1.807, 2.05) is 31.2 Å². The summed E-state index contributed by atoms with van der Waals surface area (Å²) >= 11 is 0. The molecular weight excluding hydrogens is 246 g/mol. The first-order chi connectivity index (χ1) is 9.15. The molecule has 0 atom stereocenters. The van der Waals surface area contributed by atoms with Gasteiger partial charge in [-0.3, -0.25) is 9.59 Å². The van der Waals surface area contributed by atoms with Crippen molar-refractivity contribution >= 4 is 11.9 Å². The summed E-state index contributed by atoms with van der Waals surface area (Å²) in [5.74, 6) is 0.137. The van der Waals surface area contributed by atoms with Gasteiger partial charge >= 0.3 is 5.97 Å². The highest BCUT2D eigenvalue weighted by atomic mass is 16.5. The Balaban J connectivity index is 2.37. The van der Waals surface area contributed by atoms with Crippen molar-refractivity contribution in [3.05, 3.63) is 29.8 Å². The molecule has 1 aromatic rings. The van der Waals surface area contributed by atoms with E-state index in [0.717, 1.165) is 11.3 Å². The third-order valence-electron chi connectivity index (χ3n) is 2.33. The summed E-state index contributed by atoms with van der Waals surface area (Å²) in [5.41, 5.74) is 0.866. The van der Waals surface area contributed by atoms with Crippen LogP contribution in [0.5, 0.6) is 5.75 Å². The smallest absolute Gasteiger partial charge is 0.325 e. The van der Waals surface area contributed by atoms with Crippen molar-refractivity contribution in [2.75, 3.05) is 19.8 Å². The zero-order valence-corrected chi connectivity index (χ0v) is 11.3. The molecular formula is C14H19NO4. The highest BCUT2D eigenvalue weighted by Crippen LogP contribution is 2.12. The minimum absolute atomic E-state index is 0.0935. The molecule has 0 unspecified atom stereocenters. The van der Waals surface area contributed by atoms with Crippen molar-refractivity contribution in [2.24, 2.45) is 0 Å². The summed E-state index contributed by atoms with van der Waals surface area (Å²) in [5, 5.41) is 2.51. The predicted molar refractivity (Wildman–Crippen MR) is 71.0 cm³/mol. The van der Waals surface area contributed by atoms with Crippen LogP contribution in [0.25, 0.3) is 0 Å². The lowest BCUT2D eigenvalue weighted by molar-refractivity contribution is -0.143. The minimum atomic E-state index is -0.428. The Morgan fingerprint density at radius 1 is 1.11 bits per heavy atom. The Morgan fingerprint density at radius 2 is 1.79 bits per heavy atom. The van der Waals surface area contributed by atoms with Crippen LogP contribution < -0.4 is 10.1 Å². The number of carbonyl (C=O) groups is 2. The van der Waals surface area contributed by atoms with Gasteiger partial charge in [-0.15, -0.1) is 0 Å². The number of benzene rings is 1. The highest BCUT2D eigenvalue weighted by Gasteiger charge is 2.07. The van der Waals surface area contributed by atoms with Crippen molar-refractivity contribution in [1.82, 2.24) is 5.32 Å². The van der Waals surface area contributed by atoms with Gasteiger partial charge in [0.2, 0.25) is 5.91 Å². The van der Waals surface area contributed by atoms with Crippen molar-refractivity contribution in [1.29, 1.82) is 0 Å². The number of ether oxygens (including phenoxy) is 2. The van der Waals surface area contributed by atoms with E-state index in [1.165, 1.54) is 0 Å². The number of hydrogen-bond acceptors (Lipinski definition) is 4. The second-order valence-corrected chi connectivity index (χ2v) is 3.84. The Hall–Kier alpha value is -2.04. The van der Waals surface area contributed by atoms with E-state index in [1.54, 1.807) is 6.92 Å². The molecule has 0 aliphatic heterocycles. The van der Waals surface area contributed by atoms with Crippen LogP contribution in [0.15, 0.2) is 24.3 Å². The number of amides is 1. The molecule has 0 aliphatic carbocycles. The minimum Gasteiger partial charge on any atom is -0.494 e. The zero-order chi connectivity index (χ0) is 14.1. The maximum absolute atomic E-state index is 11.6. The van der Waals surface area contributed by atoms with Crippen molar-refractivity contribution in [3.8, 4) is 5.75 Å². The molecule has 5 nitrogen and oxygen atoms in total. The van der Waals surface area contributed by atoms with Gasteiger partial charge in [-0.05, 0) is 31.5 Å². The fourth-order valence-electron chi connectivity index (χ4n) is 1.50. The van der Waals surface area contributed by atoms with Gasteiger partial charge in [0, 0.05) is 0 Å².